The number of anilines is 2. The van der Waals surface area contributed by atoms with E-state index in [-0.39, 0.29) is 5.91 Å². The van der Waals surface area contributed by atoms with Crippen molar-refractivity contribution in [2.45, 2.75) is 17.1 Å². The third-order valence-electron chi connectivity index (χ3n) is 4.17. The second-order valence-corrected chi connectivity index (χ2v) is 7.66. The first-order valence-corrected chi connectivity index (χ1v) is 9.27. The maximum atomic E-state index is 12.5. The summed E-state index contributed by atoms with van der Waals surface area (Å²) >= 11 is 1.86. The minimum atomic E-state index is -0.0365. The number of ether oxygens (including phenoxy) is 2. The summed E-state index contributed by atoms with van der Waals surface area (Å²) in [6, 6.07) is 13.7. The minimum Gasteiger partial charge on any atom is -0.486 e. The molecule has 0 fully saturated rings. The molecule has 0 unspecified atom stereocenters. The molecule has 0 radical (unpaired) electrons. The smallest absolute Gasteiger partial charge is 0.243 e. The van der Waals surface area contributed by atoms with Gasteiger partial charge in [-0.25, -0.2) is 0 Å². The van der Waals surface area contributed by atoms with Gasteiger partial charge in [0.1, 0.15) is 13.2 Å². The Balaban J connectivity index is 1.46. The molecule has 130 valence electrons. The number of benzene rings is 2. The van der Waals surface area contributed by atoms with E-state index >= 15 is 0 Å². The molecule has 1 amide bonds. The van der Waals surface area contributed by atoms with Crippen LogP contribution >= 0.6 is 11.8 Å². The number of rotatable bonds is 3. The van der Waals surface area contributed by atoms with Gasteiger partial charge in [0.2, 0.25) is 5.91 Å². The molecule has 2 aliphatic heterocycles. The largest absolute Gasteiger partial charge is 0.486 e. The minimum absolute atomic E-state index is 0.0365. The van der Waals surface area contributed by atoms with Gasteiger partial charge >= 0.3 is 0 Å². The lowest BCUT2D eigenvalue weighted by atomic mass is 10.2. The fourth-order valence-electron chi connectivity index (χ4n) is 3.13. The molecule has 0 aromatic heterocycles. The third kappa shape index (κ3) is 3.54. The Hall–Kier alpha value is -2.34. The topological polar surface area (TPSA) is 50.8 Å². The number of para-hydroxylation sites is 1. The van der Waals surface area contributed by atoms with Crippen molar-refractivity contribution in [3.05, 3.63) is 42.5 Å². The van der Waals surface area contributed by atoms with E-state index in [2.05, 4.69) is 29.3 Å². The van der Waals surface area contributed by atoms with E-state index < -0.39 is 0 Å². The lowest BCUT2D eigenvalue weighted by Gasteiger charge is -2.33. The SMILES string of the molecule is C[C@H]1CN(CC(=O)Nc2ccc3c(c2)OCCO3)c2ccccc2S1. The molecule has 0 saturated heterocycles. The van der Waals surface area contributed by atoms with Crippen LogP contribution in [0.3, 0.4) is 0 Å². The molecule has 25 heavy (non-hydrogen) atoms. The van der Waals surface area contributed by atoms with Crippen LogP contribution in [-0.4, -0.2) is 37.5 Å². The first-order valence-electron chi connectivity index (χ1n) is 8.39. The second kappa shape index (κ2) is 6.88. The standard InChI is InChI=1S/C19H20N2O3S/c1-13-11-21(15-4-2-3-5-18(15)25-13)12-19(22)20-14-6-7-16-17(10-14)24-9-8-23-16/h2-7,10,13H,8-9,11-12H2,1H3,(H,20,22)/t13-/m0/s1. The summed E-state index contributed by atoms with van der Waals surface area (Å²) in [6.07, 6.45) is 0. The highest BCUT2D eigenvalue weighted by Gasteiger charge is 2.23. The number of thioether (sulfide) groups is 1. The number of hydrogen-bond acceptors (Lipinski definition) is 5. The molecular weight excluding hydrogens is 336 g/mol. The maximum Gasteiger partial charge on any atom is 0.243 e. The molecular formula is C19H20N2O3S. The number of fused-ring (bicyclic) bond motifs is 2. The van der Waals surface area contributed by atoms with E-state index in [0.29, 0.717) is 30.8 Å². The van der Waals surface area contributed by atoms with Gasteiger partial charge < -0.3 is 19.7 Å². The fraction of sp³-hybridized carbons (Fsp3) is 0.316. The van der Waals surface area contributed by atoms with E-state index in [9.17, 15) is 4.79 Å². The van der Waals surface area contributed by atoms with Gasteiger partial charge in [-0.3, -0.25) is 4.79 Å². The van der Waals surface area contributed by atoms with Crippen molar-refractivity contribution in [3.63, 3.8) is 0 Å². The van der Waals surface area contributed by atoms with Gasteiger partial charge in [-0.2, -0.15) is 0 Å². The fourth-order valence-corrected chi connectivity index (χ4v) is 4.29. The molecule has 2 aromatic carbocycles. The number of nitrogens with zero attached hydrogens (tertiary/aromatic N) is 1. The molecule has 2 heterocycles. The van der Waals surface area contributed by atoms with Gasteiger partial charge in [-0.05, 0) is 24.3 Å². The highest BCUT2D eigenvalue weighted by molar-refractivity contribution is 8.00. The number of nitrogens with one attached hydrogen (secondary N) is 1. The quantitative estimate of drug-likeness (QED) is 0.913. The van der Waals surface area contributed by atoms with Crippen molar-refractivity contribution >= 4 is 29.0 Å². The van der Waals surface area contributed by atoms with Crippen LogP contribution in [0.25, 0.3) is 0 Å². The molecule has 4 rings (SSSR count). The van der Waals surface area contributed by atoms with E-state index in [0.717, 1.165) is 23.7 Å². The van der Waals surface area contributed by atoms with Crippen molar-refractivity contribution in [2.24, 2.45) is 0 Å². The van der Waals surface area contributed by atoms with Gasteiger partial charge in [0.25, 0.3) is 0 Å². The van der Waals surface area contributed by atoms with Crippen LogP contribution in [-0.2, 0) is 4.79 Å². The van der Waals surface area contributed by atoms with Crippen molar-refractivity contribution in [1.29, 1.82) is 0 Å². The molecule has 0 bridgehead atoms. The van der Waals surface area contributed by atoms with Crippen molar-refractivity contribution < 1.29 is 14.3 Å². The average molecular weight is 356 g/mol. The van der Waals surface area contributed by atoms with Crippen LogP contribution in [0.15, 0.2) is 47.4 Å². The normalized spacial score (nSPS) is 18.4. The number of amides is 1. The Labute approximate surface area is 151 Å². The molecule has 1 N–H and O–H groups in total. The average Bonchev–Trinajstić information content (AvgIpc) is 2.61. The zero-order chi connectivity index (χ0) is 17.2. The lowest BCUT2D eigenvalue weighted by molar-refractivity contribution is -0.115. The second-order valence-electron chi connectivity index (χ2n) is 6.18. The zero-order valence-electron chi connectivity index (χ0n) is 14.0. The summed E-state index contributed by atoms with van der Waals surface area (Å²) in [5, 5.41) is 3.42. The van der Waals surface area contributed by atoms with Gasteiger partial charge in [-0.1, -0.05) is 19.1 Å². The van der Waals surface area contributed by atoms with Crippen LogP contribution in [0.1, 0.15) is 6.92 Å². The summed E-state index contributed by atoms with van der Waals surface area (Å²) in [6.45, 7) is 4.46. The summed E-state index contributed by atoms with van der Waals surface area (Å²) in [5.41, 5.74) is 1.85. The van der Waals surface area contributed by atoms with Gasteiger partial charge in [-0.15, -0.1) is 11.8 Å². The summed E-state index contributed by atoms with van der Waals surface area (Å²) in [7, 11) is 0. The highest BCUT2D eigenvalue weighted by Crippen LogP contribution is 2.38. The highest BCUT2D eigenvalue weighted by atomic mass is 32.2. The van der Waals surface area contributed by atoms with Crippen LogP contribution in [0.5, 0.6) is 11.5 Å². The Bertz CT molecular complexity index is 796. The molecule has 2 aromatic rings. The van der Waals surface area contributed by atoms with Crippen LogP contribution < -0.4 is 19.7 Å². The van der Waals surface area contributed by atoms with E-state index in [4.69, 9.17) is 9.47 Å². The van der Waals surface area contributed by atoms with Gasteiger partial charge in [0, 0.05) is 28.4 Å². The Morgan fingerprint density at radius 1 is 1.20 bits per heavy atom. The molecule has 2 aliphatic rings. The molecule has 1 atom stereocenters. The molecule has 5 nitrogen and oxygen atoms in total. The molecule has 0 spiro atoms. The molecule has 0 saturated carbocycles. The monoisotopic (exact) mass is 356 g/mol. The van der Waals surface area contributed by atoms with E-state index in [1.165, 1.54) is 4.90 Å². The van der Waals surface area contributed by atoms with Gasteiger partial charge in [0.15, 0.2) is 11.5 Å². The Kier molecular flexibility index (Phi) is 4.44. The van der Waals surface area contributed by atoms with E-state index in [1.54, 1.807) is 0 Å². The molecule has 0 aliphatic carbocycles. The summed E-state index contributed by atoms with van der Waals surface area (Å²) in [5.74, 6) is 1.36. The van der Waals surface area contributed by atoms with Gasteiger partial charge in [0.05, 0.1) is 12.2 Å². The van der Waals surface area contributed by atoms with Crippen molar-refractivity contribution in [1.82, 2.24) is 0 Å². The number of hydrogen-bond donors (Lipinski definition) is 1. The maximum absolute atomic E-state index is 12.5. The predicted molar refractivity (Wildman–Crippen MR) is 100 cm³/mol. The zero-order valence-corrected chi connectivity index (χ0v) is 14.8. The lowest BCUT2D eigenvalue weighted by Crippen LogP contribution is -2.39. The van der Waals surface area contributed by atoms with Crippen LogP contribution in [0, 0.1) is 0 Å². The predicted octanol–water partition coefficient (Wildman–Crippen LogP) is 3.40. The molecule has 6 heteroatoms. The first kappa shape index (κ1) is 16.1. The Morgan fingerprint density at radius 3 is 2.88 bits per heavy atom. The number of carbonyl (C=O) groups excluding carboxylic acids is 1. The van der Waals surface area contributed by atoms with Crippen molar-refractivity contribution in [2.75, 3.05) is 36.5 Å². The Morgan fingerprint density at radius 2 is 2.00 bits per heavy atom. The summed E-state index contributed by atoms with van der Waals surface area (Å²) in [4.78, 5) is 15.9. The number of carbonyl (C=O) groups is 1. The first-order chi connectivity index (χ1) is 12.2. The third-order valence-corrected chi connectivity index (χ3v) is 5.32. The van der Waals surface area contributed by atoms with E-state index in [1.807, 2.05) is 42.1 Å². The van der Waals surface area contributed by atoms with Crippen molar-refractivity contribution in [3.8, 4) is 11.5 Å². The van der Waals surface area contributed by atoms with Crippen LogP contribution in [0.2, 0.25) is 0 Å². The van der Waals surface area contributed by atoms with Crippen LogP contribution in [0.4, 0.5) is 11.4 Å². The summed E-state index contributed by atoms with van der Waals surface area (Å²) < 4.78 is 11.1.